The van der Waals surface area contributed by atoms with Gasteiger partial charge in [0.15, 0.2) is 0 Å². The van der Waals surface area contributed by atoms with Gasteiger partial charge in [-0.25, -0.2) is 18.0 Å². The number of amides is 1. The molecule has 1 fully saturated rings. The van der Waals surface area contributed by atoms with Gasteiger partial charge in [0, 0.05) is 37.8 Å². The zero-order valence-corrected chi connectivity index (χ0v) is 16.8. The third kappa shape index (κ3) is 3.97. The number of nitrogens with zero attached hydrogens (tertiary/aromatic N) is 3. The van der Waals surface area contributed by atoms with Crippen LogP contribution in [0.3, 0.4) is 0 Å². The summed E-state index contributed by atoms with van der Waals surface area (Å²) in [6.07, 6.45) is -0.215. The lowest BCUT2D eigenvalue weighted by Gasteiger charge is -2.35. The molecule has 1 N–H and O–H groups in total. The van der Waals surface area contributed by atoms with Crippen molar-refractivity contribution in [3.8, 4) is 0 Å². The second-order valence-electron chi connectivity index (χ2n) is 7.56. The predicted octanol–water partition coefficient (Wildman–Crippen LogP) is 2.41. The van der Waals surface area contributed by atoms with E-state index in [0.29, 0.717) is 10.9 Å². The highest BCUT2D eigenvalue weighted by molar-refractivity contribution is 7.89. The molecule has 1 aliphatic heterocycles. The van der Waals surface area contributed by atoms with Crippen molar-refractivity contribution < 1.29 is 27.9 Å². The van der Waals surface area contributed by atoms with E-state index in [0.717, 1.165) is 4.57 Å². The fourth-order valence-electron chi connectivity index (χ4n) is 3.03. The van der Waals surface area contributed by atoms with Crippen LogP contribution in [0.25, 0.3) is 10.9 Å². The van der Waals surface area contributed by atoms with Gasteiger partial charge in [0.25, 0.3) is 0 Å². The first-order valence-corrected chi connectivity index (χ1v) is 10.3. The molecule has 1 aromatic carbocycles. The molecule has 28 heavy (non-hydrogen) atoms. The Labute approximate surface area is 163 Å². The van der Waals surface area contributed by atoms with Crippen molar-refractivity contribution in [2.45, 2.75) is 31.3 Å². The summed E-state index contributed by atoms with van der Waals surface area (Å²) in [5.74, 6) is 0. The largest absolute Gasteiger partial charge is 0.464 e. The number of sulfonamides is 1. The Bertz CT molecular complexity index is 1010. The van der Waals surface area contributed by atoms with Crippen molar-refractivity contribution in [1.82, 2.24) is 13.8 Å². The highest BCUT2D eigenvalue weighted by Gasteiger charge is 2.32. The van der Waals surface area contributed by atoms with E-state index in [-0.39, 0.29) is 31.1 Å². The van der Waals surface area contributed by atoms with Crippen molar-refractivity contribution >= 4 is 33.1 Å². The maximum Gasteiger partial charge on any atom is 0.415 e. The van der Waals surface area contributed by atoms with E-state index in [1.54, 1.807) is 26.8 Å². The van der Waals surface area contributed by atoms with Gasteiger partial charge in [-0.15, -0.1) is 0 Å². The lowest BCUT2D eigenvalue weighted by molar-refractivity contribution is 0.0192. The second kappa shape index (κ2) is 7.10. The van der Waals surface area contributed by atoms with Crippen LogP contribution in [0.5, 0.6) is 0 Å². The number of ether oxygens (including phenoxy) is 1. The lowest BCUT2D eigenvalue weighted by atomic mass is 10.2. The number of rotatable bonds is 2. The number of aromatic nitrogens is 1. The molecule has 0 radical (unpaired) electrons. The van der Waals surface area contributed by atoms with Crippen molar-refractivity contribution in [3.05, 3.63) is 30.5 Å². The van der Waals surface area contributed by atoms with E-state index < -0.39 is 27.8 Å². The third-order valence-electron chi connectivity index (χ3n) is 4.40. The van der Waals surface area contributed by atoms with E-state index >= 15 is 0 Å². The van der Waals surface area contributed by atoms with E-state index in [2.05, 4.69) is 0 Å². The summed E-state index contributed by atoms with van der Waals surface area (Å²) < 4.78 is 33.6. The van der Waals surface area contributed by atoms with E-state index in [1.165, 1.54) is 33.6 Å². The maximum absolute atomic E-state index is 12.9. The Morgan fingerprint density at radius 1 is 1.07 bits per heavy atom. The molecule has 0 unspecified atom stereocenters. The van der Waals surface area contributed by atoms with Gasteiger partial charge in [-0.05, 0) is 45.0 Å². The van der Waals surface area contributed by atoms with Gasteiger partial charge >= 0.3 is 12.2 Å². The van der Waals surface area contributed by atoms with Crippen LogP contribution >= 0.6 is 0 Å². The number of benzene rings is 1. The van der Waals surface area contributed by atoms with Gasteiger partial charge in [0.2, 0.25) is 10.0 Å². The summed E-state index contributed by atoms with van der Waals surface area (Å²) in [6.45, 7) is 6.14. The number of fused-ring (bicyclic) bond motifs is 1. The van der Waals surface area contributed by atoms with Crippen molar-refractivity contribution in [2.75, 3.05) is 26.2 Å². The van der Waals surface area contributed by atoms with Crippen LogP contribution < -0.4 is 0 Å². The van der Waals surface area contributed by atoms with Gasteiger partial charge in [0.1, 0.15) is 5.60 Å². The Balaban J connectivity index is 1.75. The first-order valence-electron chi connectivity index (χ1n) is 8.81. The lowest BCUT2D eigenvalue weighted by Crippen LogP contribution is -2.51. The zero-order chi connectivity index (χ0) is 20.7. The van der Waals surface area contributed by atoms with Gasteiger partial charge in [-0.3, -0.25) is 4.57 Å². The standard InChI is InChI=1S/C18H23N3O6S/c1-18(2,3)27-17(24)19-8-10-20(11-9-19)28(25,26)14-4-5-15-13(12-14)6-7-21(15)16(22)23/h4-7,12H,8-11H2,1-3H3,(H,22,23). The van der Waals surface area contributed by atoms with Crippen LogP contribution in [0.4, 0.5) is 9.59 Å². The summed E-state index contributed by atoms with van der Waals surface area (Å²) in [6, 6.07) is 5.90. The summed E-state index contributed by atoms with van der Waals surface area (Å²) >= 11 is 0. The summed E-state index contributed by atoms with van der Waals surface area (Å²) in [4.78, 5) is 24.9. The van der Waals surface area contributed by atoms with E-state index in [4.69, 9.17) is 9.84 Å². The number of hydrogen-bond donors (Lipinski definition) is 1. The van der Waals surface area contributed by atoms with Gasteiger partial charge in [0.05, 0.1) is 10.4 Å². The quantitative estimate of drug-likeness (QED) is 0.816. The number of carboxylic acid groups (broad SMARTS) is 1. The van der Waals surface area contributed by atoms with E-state index in [9.17, 15) is 18.0 Å². The minimum Gasteiger partial charge on any atom is -0.464 e. The van der Waals surface area contributed by atoms with Crippen LogP contribution in [0.15, 0.2) is 35.4 Å². The van der Waals surface area contributed by atoms with Crippen LogP contribution in [-0.4, -0.2) is 71.3 Å². The molecular formula is C18H23N3O6S. The van der Waals surface area contributed by atoms with Crippen molar-refractivity contribution in [3.63, 3.8) is 0 Å². The van der Waals surface area contributed by atoms with Gasteiger partial charge in [-0.1, -0.05) is 0 Å². The smallest absolute Gasteiger partial charge is 0.415 e. The zero-order valence-electron chi connectivity index (χ0n) is 16.0. The normalized spacial score (nSPS) is 16.3. The Hall–Kier alpha value is -2.59. The minimum absolute atomic E-state index is 0.0915. The first-order chi connectivity index (χ1) is 13.0. The molecular weight excluding hydrogens is 386 g/mol. The number of hydrogen-bond acceptors (Lipinski definition) is 5. The fourth-order valence-corrected chi connectivity index (χ4v) is 4.49. The molecule has 0 bridgehead atoms. The monoisotopic (exact) mass is 409 g/mol. The van der Waals surface area contributed by atoms with Crippen molar-refractivity contribution in [1.29, 1.82) is 0 Å². The number of piperazine rings is 1. The van der Waals surface area contributed by atoms with Gasteiger partial charge in [-0.2, -0.15) is 4.31 Å². The van der Waals surface area contributed by atoms with Crippen LogP contribution in [0.1, 0.15) is 20.8 Å². The topological polar surface area (TPSA) is 109 Å². The average molecular weight is 409 g/mol. The van der Waals surface area contributed by atoms with Crippen LogP contribution in [0.2, 0.25) is 0 Å². The summed E-state index contributed by atoms with van der Waals surface area (Å²) in [5, 5.41) is 9.66. The number of carbonyl (C=O) groups is 2. The molecule has 1 aromatic heterocycles. The molecule has 0 spiro atoms. The molecule has 2 heterocycles. The molecule has 10 heteroatoms. The number of carbonyl (C=O) groups excluding carboxylic acids is 1. The fraction of sp³-hybridized carbons (Fsp3) is 0.444. The molecule has 0 atom stereocenters. The van der Waals surface area contributed by atoms with Crippen LogP contribution in [-0.2, 0) is 14.8 Å². The molecule has 1 amide bonds. The first kappa shape index (κ1) is 20.2. The average Bonchev–Trinajstić information content (AvgIpc) is 3.04. The molecule has 9 nitrogen and oxygen atoms in total. The predicted molar refractivity (Wildman–Crippen MR) is 102 cm³/mol. The molecule has 0 saturated carbocycles. The Morgan fingerprint density at radius 3 is 2.29 bits per heavy atom. The van der Waals surface area contributed by atoms with E-state index in [1.807, 2.05) is 0 Å². The Kier molecular flexibility index (Phi) is 5.11. The molecule has 2 aromatic rings. The highest BCUT2D eigenvalue weighted by atomic mass is 32.2. The molecule has 152 valence electrons. The molecule has 1 aliphatic rings. The maximum atomic E-state index is 12.9. The molecule has 1 saturated heterocycles. The van der Waals surface area contributed by atoms with Crippen LogP contribution in [0, 0.1) is 0 Å². The third-order valence-corrected chi connectivity index (χ3v) is 6.29. The minimum atomic E-state index is -3.75. The molecule has 0 aliphatic carbocycles. The Morgan fingerprint density at radius 2 is 1.71 bits per heavy atom. The molecule has 3 rings (SSSR count). The summed E-state index contributed by atoms with van der Waals surface area (Å²) in [7, 11) is -3.75. The second-order valence-corrected chi connectivity index (χ2v) is 9.50. The van der Waals surface area contributed by atoms with Gasteiger partial charge < -0.3 is 14.7 Å². The SMILES string of the molecule is CC(C)(C)OC(=O)N1CCN(S(=O)(=O)c2ccc3c(ccn3C(=O)O)c2)CC1. The highest BCUT2D eigenvalue weighted by Crippen LogP contribution is 2.24. The van der Waals surface area contributed by atoms with Crippen molar-refractivity contribution in [2.24, 2.45) is 0 Å². The summed E-state index contributed by atoms with van der Waals surface area (Å²) in [5.41, 5.74) is -0.191.